The van der Waals surface area contributed by atoms with Crippen LogP contribution in [-0.4, -0.2) is 18.4 Å². The lowest BCUT2D eigenvalue weighted by molar-refractivity contribution is -0.118. The largest absolute Gasteiger partial charge is 0.483 e. The number of hydrogen-bond acceptors (Lipinski definition) is 4. The van der Waals surface area contributed by atoms with Gasteiger partial charge in [-0.05, 0) is 55.8 Å². The average Bonchev–Trinajstić information content (AvgIpc) is 3.16. The monoisotopic (exact) mass is 364 g/mol. The molecule has 2 amide bonds. The van der Waals surface area contributed by atoms with E-state index in [2.05, 4.69) is 10.6 Å². The van der Waals surface area contributed by atoms with Crippen molar-refractivity contribution in [3.8, 4) is 5.75 Å². The van der Waals surface area contributed by atoms with E-state index in [9.17, 15) is 9.59 Å². The van der Waals surface area contributed by atoms with Gasteiger partial charge < -0.3 is 19.8 Å². The van der Waals surface area contributed by atoms with Gasteiger partial charge in [-0.3, -0.25) is 9.59 Å². The third kappa shape index (κ3) is 4.98. The molecular formula is C21H20N2O4. The minimum absolute atomic E-state index is 0.104. The van der Waals surface area contributed by atoms with E-state index >= 15 is 0 Å². The van der Waals surface area contributed by atoms with Crippen LogP contribution in [0.1, 0.15) is 21.7 Å². The lowest BCUT2D eigenvalue weighted by Crippen LogP contribution is -2.20. The van der Waals surface area contributed by atoms with Gasteiger partial charge in [0.15, 0.2) is 12.4 Å². The number of carbonyl (C=O) groups excluding carboxylic acids is 2. The topological polar surface area (TPSA) is 80.6 Å². The summed E-state index contributed by atoms with van der Waals surface area (Å²) in [5, 5.41) is 5.47. The van der Waals surface area contributed by atoms with E-state index in [-0.39, 0.29) is 24.2 Å². The highest BCUT2D eigenvalue weighted by Gasteiger charge is 2.10. The lowest BCUT2D eigenvalue weighted by atomic mass is 10.1. The zero-order chi connectivity index (χ0) is 19.2. The highest BCUT2D eigenvalue weighted by molar-refractivity contribution is 6.02. The van der Waals surface area contributed by atoms with E-state index in [0.29, 0.717) is 17.1 Å². The van der Waals surface area contributed by atoms with Crippen LogP contribution in [-0.2, 0) is 4.79 Å². The molecule has 0 radical (unpaired) electrons. The van der Waals surface area contributed by atoms with Crippen molar-refractivity contribution in [1.82, 2.24) is 0 Å². The van der Waals surface area contributed by atoms with Crippen LogP contribution in [0.15, 0.2) is 65.3 Å². The van der Waals surface area contributed by atoms with E-state index in [1.165, 1.54) is 6.26 Å². The highest BCUT2D eigenvalue weighted by atomic mass is 16.5. The van der Waals surface area contributed by atoms with Crippen molar-refractivity contribution in [1.29, 1.82) is 0 Å². The molecule has 3 aromatic rings. The van der Waals surface area contributed by atoms with E-state index < -0.39 is 0 Å². The van der Waals surface area contributed by atoms with Crippen LogP contribution in [0.2, 0.25) is 0 Å². The number of carbonyl (C=O) groups is 2. The van der Waals surface area contributed by atoms with Crippen molar-refractivity contribution < 1.29 is 18.7 Å². The molecule has 6 heteroatoms. The van der Waals surface area contributed by atoms with Gasteiger partial charge in [-0.2, -0.15) is 0 Å². The Morgan fingerprint density at radius 1 is 0.963 bits per heavy atom. The van der Waals surface area contributed by atoms with Gasteiger partial charge in [0.1, 0.15) is 5.75 Å². The number of aryl methyl sites for hydroxylation is 2. The fraction of sp³-hybridized carbons (Fsp3) is 0.143. The van der Waals surface area contributed by atoms with Crippen LogP contribution in [0.25, 0.3) is 0 Å². The summed E-state index contributed by atoms with van der Waals surface area (Å²) >= 11 is 0. The Bertz CT molecular complexity index is 949. The molecule has 0 saturated heterocycles. The number of benzene rings is 2. The lowest BCUT2D eigenvalue weighted by Gasteiger charge is -2.11. The Balaban J connectivity index is 1.57. The van der Waals surface area contributed by atoms with Gasteiger partial charge in [-0.25, -0.2) is 0 Å². The maximum absolute atomic E-state index is 12.1. The van der Waals surface area contributed by atoms with Crippen molar-refractivity contribution in [2.24, 2.45) is 0 Å². The van der Waals surface area contributed by atoms with E-state index in [1.807, 2.05) is 32.0 Å². The number of nitrogens with one attached hydrogen (secondary N) is 2. The second kappa shape index (κ2) is 8.23. The summed E-state index contributed by atoms with van der Waals surface area (Å²) in [7, 11) is 0. The quantitative estimate of drug-likeness (QED) is 0.688. The molecule has 0 aliphatic carbocycles. The van der Waals surface area contributed by atoms with E-state index in [1.54, 1.807) is 36.4 Å². The second-order valence-corrected chi connectivity index (χ2v) is 6.12. The molecule has 1 heterocycles. The zero-order valence-electron chi connectivity index (χ0n) is 15.1. The third-order valence-electron chi connectivity index (χ3n) is 3.84. The summed E-state index contributed by atoms with van der Waals surface area (Å²) < 4.78 is 10.6. The summed E-state index contributed by atoms with van der Waals surface area (Å²) in [6.07, 6.45) is 1.43. The number of hydrogen-bond donors (Lipinski definition) is 2. The van der Waals surface area contributed by atoms with Crippen LogP contribution >= 0.6 is 0 Å². The first-order valence-corrected chi connectivity index (χ1v) is 8.46. The van der Waals surface area contributed by atoms with Crippen molar-refractivity contribution in [3.63, 3.8) is 0 Å². The molecule has 0 unspecified atom stereocenters. The summed E-state index contributed by atoms with van der Waals surface area (Å²) in [5.74, 6) is 0.243. The molecule has 2 aromatic carbocycles. The Hall–Kier alpha value is -3.54. The van der Waals surface area contributed by atoms with Crippen LogP contribution in [0.5, 0.6) is 5.75 Å². The Kier molecular flexibility index (Phi) is 5.56. The molecule has 0 aliphatic heterocycles. The summed E-state index contributed by atoms with van der Waals surface area (Å²) in [6, 6.07) is 15.9. The Morgan fingerprint density at radius 2 is 1.74 bits per heavy atom. The van der Waals surface area contributed by atoms with Crippen LogP contribution in [0, 0.1) is 13.8 Å². The molecule has 0 aliphatic rings. The molecule has 0 atom stereocenters. The maximum Gasteiger partial charge on any atom is 0.291 e. The summed E-state index contributed by atoms with van der Waals surface area (Å²) in [5.41, 5.74) is 3.22. The van der Waals surface area contributed by atoms with E-state index in [0.717, 1.165) is 11.1 Å². The number of ether oxygens (including phenoxy) is 1. The van der Waals surface area contributed by atoms with Crippen molar-refractivity contribution in [3.05, 3.63) is 77.7 Å². The predicted octanol–water partition coefficient (Wildman–Crippen LogP) is 4.17. The standard InChI is InChI=1S/C21H20N2O4/c1-14-8-9-18(15(2)11-14)27-13-20(24)22-16-5-3-6-17(12-16)23-21(25)19-7-4-10-26-19/h3-12H,13H2,1-2H3,(H,22,24)(H,23,25). The fourth-order valence-corrected chi connectivity index (χ4v) is 2.58. The molecule has 6 nitrogen and oxygen atoms in total. The molecular weight excluding hydrogens is 344 g/mol. The summed E-state index contributed by atoms with van der Waals surface area (Å²) in [4.78, 5) is 24.2. The Morgan fingerprint density at radius 3 is 2.44 bits per heavy atom. The number of furan rings is 1. The first-order chi connectivity index (χ1) is 13.0. The van der Waals surface area contributed by atoms with E-state index in [4.69, 9.17) is 9.15 Å². The van der Waals surface area contributed by atoms with Gasteiger partial charge in [0.25, 0.3) is 11.8 Å². The van der Waals surface area contributed by atoms with Crippen LogP contribution < -0.4 is 15.4 Å². The number of rotatable bonds is 6. The second-order valence-electron chi connectivity index (χ2n) is 6.12. The number of anilines is 2. The minimum atomic E-state index is -0.360. The molecule has 1 aromatic heterocycles. The molecule has 0 bridgehead atoms. The average molecular weight is 364 g/mol. The van der Waals surface area contributed by atoms with Gasteiger partial charge in [0, 0.05) is 11.4 Å². The summed E-state index contributed by atoms with van der Waals surface area (Å²) in [6.45, 7) is 3.83. The maximum atomic E-state index is 12.1. The zero-order valence-corrected chi connectivity index (χ0v) is 15.1. The molecule has 2 N–H and O–H groups in total. The molecule has 138 valence electrons. The third-order valence-corrected chi connectivity index (χ3v) is 3.84. The fourth-order valence-electron chi connectivity index (χ4n) is 2.58. The first-order valence-electron chi connectivity index (χ1n) is 8.46. The molecule has 0 saturated carbocycles. The van der Waals surface area contributed by atoms with Gasteiger partial charge in [-0.1, -0.05) is 23.8 Å². The van der Waals surface area contributed by atoms with Gasteiger partial charge >= 0.3 is 0 Å². The van der Waals surface area contributed by atoms with Crippen molar-refractivity contribution >= 4 is 23.2 Å². The minimum Gasteiger partial charge on any atom is -0.483 e. The normalized spacial score (nSPS) is 10.3. The SMILES string of the molecule is Cc1ccc(OCC(=O)Nc2cccc(NC(=O)c3ccco3)c2)c(C)c1. The van der Waals surface area contributed by atoms with Crippen LogP contribution in [0.4, 0.5) is 11.4 Å². The molecule has 27 heavy (non-hydrogen) atoms. The van der Waals surface area contributed by atoms with Gasteiger partial charge in [0.2, 0.25) is 0 Å². The Labute approximate surface area is 157 Å². The number of amides is 2. The predicted molar refractivity (Wildman–Crippen MR) is 103 cm³/mol. The first kappa shape index (κ1) is 18.3. The highest BCUT2D eigenvalue weighted by Crippen LogP contribution is 2.19. The van der Waals surface area contributed by atoms with Gasteiger partial charge in [0.05, 0.1) is 6.26 Å². The smallest absolute Gasteiger partial charge is 0.291 e. The van der Waals surface area contributed by atoms with Crippen molar-refractivity contribution in [2.45, 2.75) is 13.8 Å². The molecule has 0 spiro atoms. The van der Waals surface area contributed by atoms with Crippen LogP contribution in [0.3, 0.4) is 0 Å². The molecule has 0 fully saturated rings. The van der Waals surface area contributed by atoms with Crippen molar-refractivity contribution in [2.75, 3.05) is 17.2 Å². The molecule has 3 rings (SSSR count). The van der Waals surface area contributed by atoms with Gasteiger partial charge in [-0.15, -0.1) is 0 Å².